The zero-order chi connectivity index (χ0) is 29.6. The quantitative estimate of drug-likeness (QED) is 0.250. The molecular weight excluding hydrogens is 616 g/mol. The third-order valence-corrected chi connectivity index (χ3v) is 9.44. The van der Waals surface area contributed by atoms with Crippen molar-refractivity contribution in [3.8, 4) is 0 Å². The molecule has 0 aliphatic carbocycles. The number of hydrogen-bond donors (Lipinski definition) is 1. The smallest absolute Gasteiger partial charge is 0.264 e. The van der Waals surface area contributed by atoms with Gasteiger partial charge in [-0.15, -0.1) is 0 Å². The molecule has 214 valence electrons. The molecule has 3 aromatic rings. The first-order chi connectivity index (χ1) is 18.9. The Kier molecular flexibility index (Phi) is 11.1. The third kappa shape index (κ3) is 7.42. The van der Waals surface area contributed by atoms with Gasteiger partial charge in [-0.05, 0) is 62.7 Å². The van der Waals surface area contributed by atoms with E-state index in [0.717, 1.165) is 9.87 Å². The molecule has 2 amide bonds. The number of carbonyl (C=O) groups is 2. The zero-order valence-electron chi connectivity index (χ0n) is 22.1. The number of anilines is 1. The molecule has 0 radical (unpaired) electrons. The maximum Gasteiger partial charge on any atom is 0.264 e. The van der Waals surface area contributed by atoms with Crippen LogP contribution in [0, 0.1) is 6.92 Å². The maximum absolute atomic E-state index is 14.0. The predicted octanol–water partition coefficient (Wildman–Crippen LogP) is 6.75. The lowest BCUT2D eigenvalue weighted by molar-refractivity contribution is -0.140. The van der Waals surface area contributed by atoms with E-state index in [1.165, 1.54) is 35.2 Å². The second kappa shape index (κ2) is 13.9. The summed E-state index contributed by atoms with van der Waals surface area (Å²) < 4.78 is 28.7. The van der Waals surface area contributed by atoms with Gasteiger partial charge in [0.15, 0.2) is 0 Å². The van der Waals surface area contributed by atoms with Gasteiger partial charge in [-0.1, -0.05) is 77.1 Å². The van der Waals surface area contributed by atoms with Crippen molar-refractivity contribution in [3.05, 3.63) is 91.9 Å². The second-order valence-corrected chi connectivity index (χ2v) is 12.5. The highest BCUT2D eigenvalue weighted by Crippen LogP contribution is 2.32. The topological polar surface area (TPSA) is 86.8 Å². The van der Waals surface area contributed by atoms with E-state index < -0.39 is 28.5 Å². The Labute approximate surface area is 255 Å². The summed E-state index contributed by atoms with van der Waals surface area (Å²) in [6.45, 7) is 4.96. The lowest BCUT2D eigenvalue weighted by atomic mass is 10.1. The molecular formula is C28H29Cl4N3O4S. The Balaban J connectivity index is 2.12. The van der Waals surface area contributed by atoms with Gasteiger partial charge in [0.2, 0.25) is 11.8 Å². The van der Waals surface area contributed by atoms with E-state index in [1.54, 1.807) is 44.2 Å². The fourth-order valence-corrected chi connectivity index (χ4v) is 6.29. The summed E-state index contributed by atoms with van der Waals surface area (Å²) in [5.74, 6) is -1.03. The molecule has 40 heavy (non-hydrogen) atoms. The summed E-state index contributed by atoms with van der Waals surface area (Å²) in [5, 5.41) is 3.70. The van der Waals surface area contributed by atoms with Crippen molar-refractivity contribution >= 4 is 73.9 Å². The van der Waals surface area contributed by atoms with Crippen LogP contribution in [0.25, 0.3) is 0 Å². The Morgan fingerprint density at radius 2 is 1.50 bits per heavy atom. The van der Waals surface area contributed by atoms with E-state index in [2.05, 4.69) is 5.32 Å². The van der Waals surface area contributed by atoms with E-state index >= 15 is 0 Å². The van der Waals surface area contributed by atoms with Crippen molar-refractivity contribution in [1.82, 2.24) is 10.2 Å². The van der Waals surface area contributed by atoms with Gasteiger partial charge in [0, 0.05) is 28.7 Å². The van der Waals surface area contributed by atoms with Crippen LogP contribution in [0.5, 0.6) is 0 Å². The lowest BCUT2D eigenvalue weighted by Crippen LogP contribution is -2.52. The maximum atomic E-state index is 14.0. The number of nitrogens with one attached hydrogen (secondary N) is 1. The number of hydrogen-bond acceptors (Lipinski definition) is 4. The summed E-state index contributed by atoms with van der Waals surface area (Å²) in [6, 6.07) is 14.5. The fraction of sp³-hybridized carbons (Fsp3) is 0.286. The molecule has 1 unspecified atom stereocenters. The van der Waals surface area contributed by atoms with Crippen molar-refractivity contribution in [3.63, 3.8) is 0 Å². The molecule has 0 saturated carbocycles. The van der Waals surface area contributed by atoms with Crippen LogP contribution < -0.4 is 9.62 Å². The molecule has 0 bridgehead atoms. The summed E-state index contributed by atoms with van der Waals surface area (Å²) in [5.41, 5.74) is 1.43. The van der Waals surface area contributed by atoms with E-state index in [-0.39, 0.29) is 39.5 Å². The normalized spacial score (nSPS) is 12.1. The van der Waals surface area contributed by atoms with Gasteiger partial charge in [-0.2, -0.15) is 0 Å². The van der Waals surface area contributed by atoms with Crippen LogP contribution in [-0.2, 0) is 26.2 Å². The molecule has 12 heteroatoms. The largest absolute Gasteiger partial charge is 0.355 e. The van der Waals surface area contributed by atoms with Crippen molar-refractivity contribution in [2.24, 2.45) is 0 Å². The molecule has 0 spiro atoms. The van der Waals surface area contributed by atoms with Crippen LogP contribution in [0.15, 0.2) is 65.6 Å². The number of sulfonamides is 1. The Bertz CT molecular complexity index is 1460. The summed E-state index contributed by atoms with van der Waals surface area (Å²) >= 11 is 25.1. The van der Waals surface area contributed by atoms with Gasteiger partial charge in [-0.3, -0.25) is 13.9 Å². The van der Waals surface area contributed by atoms with E-state index in [0.29, 0.717) is 22.2 Å². The zero-order valence-corrected chi connectivity index (χ0v) is 26.0. The molecule has 0 fully saturated rings. The number of likely N-dealkylation sites (N-methyl/N-ethyl adjacent to an activating group) is 1. The third-order valence-electron chi connectivity index (χ3n) is 6.21. The minimum Gasteiger partial charge on any atom is -0.355 e. The Morgan fingerprint density at radius 1 is 0.875 bits per heavy atom. The average molecular weight is 645 g/mol. The molecule has 3 aromatic carbocycles. The molecule has 0 saturated heterocycles. The molecule has 1 N–H and O–H groups in total. The minimum absolute atomic E-state index is 0.0200. The molecule has 0 aliphatic rings. The van der Waals surface area contributed by atoms with Gasteiger partial charge in [0.1, 0.15) is 12.6 Å². The first-order valence-electron chi connectivity index (χ1n) is 12.4. The van der Waals surface area contributed by atoms with E-state index in [9.17, 15) is 18.0 Å². The number of halogens is 4. The van der Waals surface area contributed by atoms with Gasteiger partial charge in [0.05, 0.1) is 20.6 Å². The van der Waals surface area contributed by atoms with Crippen molar-refractivity contribution in [2.75, 3.05) is 17.4 Å². The van der Waals surface area contributed by atoms with Crippen molar-refractivity contribution in [1.29, 1.82) is 0 Å². The number of carbonyl (C=O) groups excluding carboxylic acids is 2. The summed E-state index contributed by atoms with van der Waals surface area (Å²) in [7, 11) is -4.25. The Morgan fingerprint density at radius 3 is 2.05 bits per heavy atom. The monoisotopic (exact) mass is 643 g/mol. The van der Waals surface area contributed by atoms with Gasteiger partial charge < -0.3 is 10.2 Å². The highest BCUT2D eigenvalue weighted by atomic mass is 35.5. The number of aryl methyl sites for hydroxylation is 1. The Hall–Kier alpha value is -2.49. The van der Waals surface area contributed by atoms with Gasteiger partial charge >= 0.3 is 0 Å². The van der Waals surface area contributed by atoms with Crippen molar-refractivity contribution < 1.29 is 18.0 Å². The van der Waals surface area contributed by atoms with Crippen LogP contribution in [-0.4, -0.2) is 44.3 Å². The van der Waals surface area contributed by atoms with Crippen molar-refractivity contribution in [2.45, 2.75) is 44.7 Å². The molecule has 3 rings (SSSR count). The average Bonchev–Trinajstić information content (AvgIpc) is 2.90. The number of nitrogens with zero attached hydrogens (tertiary/aromatic N) is 2. The molecule has 0 aromatic heterocycles. The standard InChI is InChI=1S/C28H29Cl4N3O4S/c1-4-26(28(37)33-5-2)34(16-21-22(29)7-6-8-23(21)30)27(36)17-35(19-11-14-24(31)25(32)15-19)40(38,39)20-12-9-18(3)10-13-20/h6-15,26H,4-5,16-17H2,1-3H3,(H,33,37). The second-order valence-electron chi connectivity index (χ2n) is 8.96. The first-order valence-corrected chi connectivity index (χ1v) is 15.4. The van der Waals surface area contributed by atoms with Gasteiger partial charge in [0.25, 0.3) is 10.0 Å². The van der Waals surface area contributed by atoms with Crippen LogP contribution in [0.4, 0.5) is 5.69 Å². The first kappa shape index (κ1) is 32.0. The molecule has 1 atom stereocenters. The van der Waals surface area contributed by atoms with Gasteiger partial charge in [-0.25, -0.2) is 8.42 Å². The number of benzene rings is 3. The van der Waals surface area contributed by atoms with Crippen LogP contribution in [0.1, 0.15) is 31.4 Å². The molecule has 0 aliphatic heterocycles. The highest BCUT2D eigenvalue weighted by Gasteiger charge is 2.34. The number of amides is 2. The van der Waals surface area contributed by atoms with Crippen LogP contribution in [0.2, 0.25) is 20.1 Å². The van der Waals surface area contributed by atoms with Crippen LogP contribution in [0.3, 0.4) is 0 Å². The highest BCUT2D eigenvalue weighted by molar-refractivity contribution is 7.92. The molecule has 7 nitrogen and oxygen atoms in total. The SMILES string of the molecule is CCNC(=O)C(CC)N(Cc1c(Cl)cccc1Cl)C(=O)CN(c1ccc(Cl)c(Cl)c1)S(=O)(=O)c1ccc(C)cc1. The number of rotatable bonds is 11. The summed E-state index contributed by atoms with van der Waals surface area (Å²) in [4.78, 5) is 28.4. The lowest BCUT2D eigenvalue weighted by Gasteiger charge is -2.33. The minimum atomic E-state index is -4.25. The predicted molar refractivity (Wildman–Crippen MR) is 162 cm³/mol. The molecule has 0 heterocycles. The van der Waals surface area contributed by atoms with Crippen LogP contribution >= 0.6 is 46.4 Å². The van der Waals surface area contributed by atoms with E-state index in [4.69, 9.17) is 46.4 Å². The summed E-state index contributed by atoms with van der Waals surface area (Å²) in [6.07, 6.45) is 0.261. The fourth-order valence-electron chi connectivity index (χ4n) is 4.07. The van der Waals surface area contributed by atoms with E-state index in [1.807, 2.05) is 6.92 Å².